The number of benzene rings is 1. The summed E-state index contributed by atoms with van der Waals surface area (Å²) in [7, 11) is 1.80. The zero-order valence-electron chi connectivity index (χ0n) is 11.3. The third-order valence-electron chi connectivity index (χ3n) is 3.47. The molecule has 0 spiro atoms. The Labute approximate surface area is 115 Å². The molecule has 0 radical (unpaired) electrons. The van der Waals surface area contributed by atoms with Crippen molar-refractivity contribution in [3.63, 3.8) is 0 Å². The Morgan fingerprint density at radius 2 is 2.15 bits per heavy atom. The van der Waals surface area contributed by atoms with Crippen LogP contribution in [0, 0.1) is 0 Å². The largest absolute Gasteiger partial charge is 0.466 e. The molecule has 1 aliphatic heterocycles. The van der Waals surface area contributed by atoms with Crippen LogP contribution in [0.5, 0.6) is 0 Å². The second kappa shape index (κ2) is 5.34. The lowest BCUT2D eigenvalue weighted by molar-refractivity contribution is -0.145. The number of fused-ring (bicyclic) bond motifs is 1. The highest BCUT2D eigenvalue weighted by Gasteiger charge is 2.35. The van der Waals surface area contributed by atoms with Crippen molar-refractivity contribution in [2.75, 3.05) is 25.1 Å². The SMILES string of the molecule is CCOC(=O)C1CCN(C)c2ccc(C(F)(F)F)cc21. The van der Waals surface area contributed by atoms with Crippen molar-refractivity contribution < 1.29 is 22.7 Å². The van der Waals surface area contributed by atoms with Crippen LogP contribution in [-0.4, -0.2) is 26.2 Å². The minimum atomic E-state index is -4.41. The smallest absolute Gasteiger partial charge is 0.416 e. The van der Waals surface area contributed by atoms with Gasteiger partial charge in [0.25, 0.3) is 0 Å². The lowest BCUT2D eigenvalue weighted by Crippen LogP contribution is -2.31. The molecule has 0 bridgehead atoms. The molecule has 1 aromatic rings. The van der Waals surface area contributed by atoms with Gasteiger partial charge in [0.1, 0.15) is 0 Å². The Morgan fingerprint density at radius 3 is 2.75 bits per heavy atom. The average Bonchev–Trinajstić information content (AvgIpc) is 2.38. The second-order valence-electron chi connectivity index (χ2n) is 4.79. The van der Waals surface area contributed by atoms with Gasteiger partial charge in [-0.3, -0.25) is 4.79 Å². The number of esters is 1. The number of ether oxygens (including phenoxy) is 1. The van der Waals surface area contributed by atoms with Gasteiger partial charge in [0.15, 0.2) is 0 Å². The van der Waals surface area contributed by atoms with E-state index in [-0.39, 0.29) is 6.61 Å². The van der Waals surface area contributed by atoms with E-state index in [0.29, 0.717) is 24.2 Å². The molecule has 2 rings (SSSR count). The van der Waals surface area contributed by atoms with Gasteiger partial charge in [0.05, 0.1) is 18.1 Å². The van der Waals surface area contributed by atoms with Crippen LogP contribution < -0.4 is 4.90 Å². The molecule has 0 N–H and O–H groups in total. The van der Waals surface area contributed by atoms with Crippen LogP contribution in [0.2, 0.25) is 0 Å². The Hall–Kier alpha value is -1.72. The van der Waals surface area contributed by atoms with Gasteiger partial charge in [-0.05, 0) is 37.1 Å². The summed E-state index contributed by atoms with van der Waals surface area (Å²) in [6.45, 7) is 2.52. The molecule has 0 aromatic heterocycles. The van der Waals surface area contributed by atoms with Gasteiger partial charge in [0, 0.05) is 19.3 Å². The van der Waals surface area contributed by atoms with Crippen LogP contribution in [0.15, 0.2) is 18.2 Å². The van der Waals surface area contributed by atoms with E-state index in [1.807, 2.05) is 4.90 Å². The van der Waals surface area contributed by atoms with Crippen molar-refractivity contribution in [2.45, 2.75) is 25.4 Å². The molecule has 0 aliphatic carbocycles. The lowest BCUT2D eigenvalue weighted by atomic mass is 9.89. The number of carbonyl (C=O) groups is 1. The first kappa shape index (κ1) is 14.7. The van der Waals surface area contributed by atoms with Gasteiger partial charge < -0.3 is 9.64 Å². The molecule has 20 heavy (non-hydrogen) atoms. The molecule has 110 valence electrons. The molecule has 1 aromatic carbocycles. The fourth-order valence-corrected chi connectivity index (χ4v) is 2.44. The maximum absolute atomic E-state index is 12.8. The van der Waals surface area contributed by atoms with Crippen molar-refractivity contribution in [1.29, 1.82) is 0 Å². The fourth-order valence-electron chi connectivity index (χ4n) is 2.44. The summed E-state index contributed by atoms with van der Waals surface area (Å²) < 4.78 is 43.4. The van der Waals surface area contributed by atoms with Crippen LogP contribution in [0.25, 0.3) is 0 Å². The predicted molar refractivity (Wildman–Crippen MR) is 68.7 cm³/mol. The van der Waals surface area contributed by atoms with E-state index in [9.17, 15) is 18.0 Å². The minimum Gasteiger partial charge on any atom is -0.466 e. The highest BCUT2D eigenvalue weighted by Crippen LogP contribution is 2.39. The van der Waals surface area contributed by atoms with Crippen LogP contribution in [-0.2, 0) is 15.7 Å². The first-order chi connectivity index (χ1) is 9.34. The molecule has 1 unspecified atom stereocenters. The monoisotopic (exact) mass is 287 g/mol. The van der Waals surface area contributed by atoms with Gasteiger partial charge >= 0.3 is 12.1 Å². The number of hydrogen-bond donors (Lipinski definition) is 0. The third kappa shape index (κ3) is 2.73. The van der Waals surface area contributed by atoms with E-state index in [1.165, 1.54) is 6.07 Å². The van der Waals surface area contributed by atoms with E-state index in [2.05, 4.69) is 0 Å². The lowest BCUT2D eigenvalue weighted by Gasteiger charge is -2.32. The minimum absolute atomic E-state index is 0.222. The van der Waals surface area contributed by atoms with Crippen molar-refractivity contribution in [3.8, 4) is 0 Å². The Kier molecular flexibility index (Phi) is 3.92. The number of alkyl halides is 3. The Morgan fingerprint density at radius 1 is 1.45 bits per heavy atom. The molecule has 1 aliphatic rings. The van der Waals surface area contributed by atoms with E-state index < -0.39 is 23.6 Å². The van der Waals surface area contributed by atoms with Crippen LogP contribution in [0.4, 0.5) is 18.9 Å². The number of hydrogen-bond acceptors (Lipinski definition) is 3. The first-order valence-corrected chi connectivity index (χ1v) is 6.43. The Bertz CT molecular complexity index is 514. The molecule has 1 heterocycles. The second-order valence-corrected chi connectivity index (χ2v) is 4.79. The number of carbonyl (C=O) groups excluding carboxylic acids is 1. The number of halogens is 3. The normalized spacial score (nSPS) is 18.6. The number of anilines is 1. The molecule has 0 amide bonds. The molecule has 6 heteroatoms. The van der Waals surface area contributed by atoms with E-state index in [0.717, 1.165) is 12.1 Å². The molecule has 0 fully saturated rings. The zero-order chi connectivity index (χ0) is 14.9. The maximum Gasteiger partial charge on any atom is 0.416 e. The standard InChI is InChI=1S/C14H16F3NO2/c1-3-20-13(19)10-6-7-18(2)12-5-4-9(8-11(10)12)14(15,16)17/h4-5,8,10H,3,6-7H2,1-2H3. The molecule has 3 nitrogen and oxygen atoms in total. The highest BCUT2D eigenvalue weighted by atomic mass is 19.4. The summed E-state index contributed by atoms with van der Waals surface area (Å²) in [5, 5.41) is 0. The third-order valence-corrected chi connectivity index (χ3v) is 3.47. The van der Waals surface area contributed by atoms with E-state index in [4.69, 9.17) is 4.74 Å². The molecular formula is C14H16F3NO2. The number of nitrogens with zero attached hydrogens (tertiary/aromatic N) is 1. The van der Waals surface area contributed by atoms with Crippen molar-refractivity contribution in [1.82, 2.24) is 0 Å². The number of rotatable bonds is 2. The van der Waals surface area contributed by atoms with Gasteiger partial charge in [-0.15, -0.1) is 0 Å². The zero-order valence-corrected chi connectivity index (χ0v) is 11.3. The topological polar surface area (TPSA) is 29.5 Å². The summed E-state index contributed by atoms with van der Waals surface area (Å²) in [6, 6.07) is 3.53. The average molecular weight is 287 g/mol. The van der Waals surface area contributed by atoms with E-state index in [1.54, 1.807) is 14.0 Å². The quantitative estimate of drug-likeness (QED) is 0.782. The molecule has 0 saturated heterocycles. The summed E-state index contributed by atoms with van der Waals surface area (Å²) in [4.78, 5) is 13.8. The van der Waals surface area contributed by atoms with Crippen molar-refractivity contribution in [2.24, 2.45) is 0 Å². The van der Waals surface area contributed by atoms with Gasteiger partial charge in [0.2, 0.25) is 0 Å². The maximum atomic E-state index is 12.8. The summed E-state index contributed by atoms with van der Waals surface area (Å²) >= 11 is 0. The summed E-state index contributed by atoms with van der Waals surface area (Å²) in [5.74, 6) is -1.08. The van der Waals surface area contributed by atoms with Crippen LogP contribution in [0.3, 0.4) is 0 Å². The molecule has 1 atom stereocenters. The van der Waals surface area contributed by atoms with Crippen LogP contribution in [0.1, 0.15) is 30.4 Å². The van der Waals surface area contributed by atoms with Crippen molar-refractivity contribution >= 4 is 11.7 Å². The van der Waals surface area contributed by atoms with Gasteiger partial charge in [-0.2, -0.15) is 13.2 Å². The van der Waals surface area contributed by atoms with Crippen molar-refractivity contribution in [3.05, 3.63) is 29.3 Å². The summed E-state index contributed by atoms with van der Waals surface area (Å²) in [5.41, 5.74) is 0.315. The fraction of sp³-hybridized carbons (Fsp3) is 0.500. The highest BCUT2D eigenvalue weighted by molar-refractivity contribution is 5.82. The first-order valence-electron chi connectivity index (χ1n) is 6.43. The van der Waals surface area contributed by atoms with E-state index >= 15 is 0 Å². The van der Waals surface area contributed by atoms with Gasteiger partial charge in [-0.1, -0.05) is 0 Å². The molecular weight excluding hydrogens is 271 g/mol. The van der Waals surface area contributed by atoms with Crippen LogP contribution >= 0.6 is 0 Å². The summed E-state index contributed by atoms with van der Waals surface area (Å²) in [6.07, 6.45) is -3.95. The van der Waals surface area contributed by atoms with Gasteiger partial charge in [-0.25, -0.2) is 0 Å². The molecule has 0 saturated carbocycles. The Balaban J connectivity index is 2.45. The predicted octanol–water partition coefficient (Wildman–Crippen LogP) is 3.19.